The van der Waals surface area contributed by atoms with Gasteiger partial charge in [0.25, 0.3) is 11.7 Å². The van der Waals surface area contributed by atoms with E-state index in [1.165, 1.54) is 43.4 Å². The molecule has 0 radical (unpaired) electrons. The van der Waals surface area contributed by atoms with Gasteiger partial charge in [-0.05, 0) is 69.5 Å². The van der Waals surface area contributed by atoms with Gasteiger partial charge in [-0.15, -0.1) is 0 Å². The van der Waals surface area contributed by atoms with E-state index in [9.17, 15) is 19.1 Å². The SMILES string of the molecule is COc1ccc(OC)c([C@@H]2C(=C(O)c3ccc(F)cc3)C(=O)C(=O)N2CCCN(C)C)c1. The minimum Gasteiger partial charge on any atom is -0.507 e. The van der Waals surface area contributed by atoms with Crippen LogP contribution in [0.1, 0.15) is 23.6 Å². The number of carbonyl (C=O) groups is 2. The van der Waals surface area contributed by atoms with Crippen molar-refractivity contribution in [1.82, 2.24) is 9.80 Å². The Balaban J connectivity index is 2.18. The third kappa shape index (κ3) is 4.60. The molecule has 1 saturated heterocycles. The standard InChI is InChI=1S/C24H27FN2O5/c1-26(2)12-5-13-27-21(18-14-17(31-3)10-11-19(18)32-4)20(23(29)24(27)30)22(28)15-6-8-16(25)9-7-15/h6-11,14,21,28H,5,12-13H2,1-4H3/t21-/m1/s1. The Morgan fingerprint density at radius 3 is 2.38 bits per heavy atom. The summed E-state index contributed by atoms with van der Waals surface area (Å²) in [5.74, 6) is -1.39. The lowest BCUT2D eigenvalue weighted by Gasteiger charge is -2.27. The van der Waals surface area contributed by atoms with Gasteiger partial charge in [-0.3, -0.25) is 9.59 Å². The molecular formula is C24H27FN2O5. The highest BCUT2D eigenvalue weighted by Gasteiger charge is 2.47. The number of ketones is 1. The number of aliphatic hydroxyl groups is 1. The maximum absolute atomic E-state index is 13.4. The van der Waals surface area contributed by atoms with Crippen molar-refractivity contribution in [3.8, 4) is 11.5 Å². The van der Waals surface area contributed by atoms with Crippen molar-refractivity contribution in [3.63, 3.8) is 0 Å². The van der Waals surface area contributed by atoms with Gasteiger partial charge >= 0.3 is 0 Å². The van der Waals surface area contributed by atoms with Crippen LogP contribution in [-0.2, 0) is 9.59 Å². The number of benzene rings is 2. The highest BCUT2D eigenvalue weighted by Crippen LogP contribution is 2.43. The number of ether oxygens (including phenoxy) is 2. The van der Waals surface area contributed by atoms with Gasteiger partial charge in [-0.2, -0.15) is 0 Å². The predicted molar refractivity (Wildman–Crippen MR) is 118 cm³/mol. The first-order valence-electron chi connectivity index (χ1n) is 10.2. The lowest BCUT2D eigenvalue weighted by molar-refractivity contribution is -0.140. The highest BCUT2D eigenvalue weighted by atomic mass is 19.1. The molecule has 1 heterocycles. The first-order valence-corrected chi connectivity index (χ1v) is 10.2. The van der Waals surface area contributed by atoms with Gasteiger partial charge in [0.05, 0.1) is 25.8 Å². The topological polar surface area (TPSA) is 79.3 Å². The molecule has 0 spiro atoms. The molecule has 0 saturated carbocycles. The Morgan fingerprint density at radius 2 is 1.78 bits per heavy atom. The van der Waals surface area contributed by atoms with E-state index in [4.69, 9.17) is 9.47 Å². The molecule has 0 bridgehead atoms. The van der Waals surface area contributed by atoms with E-state index in [1.54, 1.807) is 18.2 Å². The molecule has 1 atom stereocenters. The molecule has 7 nitrogen and oxygen atoms in total. The van der Waals surface area contributed by atoms with Crippen LogP contribution in [0.5, 0.6) is 11.5 Å². The fourth-order valence-corrected chi connectivity index (χ4v) is 3.81. The summed E-state index contributed by atoms with van der Waals surface area (Å²) in [7, 11) is 6.85. The number of likely N-dealkylation sites (tertiary alicyclic amines) is 1. The first kappa shape index (κ1) is 23.3. The molecule has 0 unspecified atom stereocenters. The van der Waals surface area contributed by atoms with E-state index in [2.05, 4.69) is 0 Å². The zero-order valence-electron chi connectivity index (χ0n) is 18.6. The van der Waals surface area contributed by atoms with E-state index in [-0.39, 0.29) is 16.9 Å². The van der Waals surface area contributed by atoms with Crippen LogP contribution < -0.4 is 9.47 Å². The molecule has 2 aromatic carbocycles. The van der Waals surface area contributed by atoms with E-state index < -0.39 is 23.5 Å². The van der Waals surface area contributed by atoms with E-state index in [0.29, 0.717) is 36.6 Å². The lowest BCUT2D eigenvalue weighted by atomic mass is 9.94. The molecule has 8 heteroatoms. The monoisotopic (exact) mass is 442 g/mol. The highest BCUT2D eigenvalue weighted by molar-refractivity contribution is 6.46. The number of methoxy groups -OCH3 is 2. The van der Waals surface area contributed by atoms with Crippen LogP contribution in [0, 0.1) is 5.82 Å². The Bertz CT molecular complexity index is 1030. The van der Waals surface area contributed by atoms with E-state index in [0.717, 1.165) is 0 Å². The lowest BCUT2D eigenvalue weighted by Crippen LogP contribution is -2.32. The minimum atomic E-state index is -0.882. The van der Waals surface area contributed by atoms with Gasteiger partial charge in [-0.1, -0.05) is 0 Å². The van der Waals surface area contributed by atoms with Crippen molar-refractivity contribution in [2.75, 3.05) is 41.4 Å². The fourth-order valence-electron chi connectivity index (χ4n) is 3.81. The van der Waals surface area contributed by atoms with Crippen LogP contribution in [0.15, 0.2) is 48.0 Å². The van der Waals surface area contributed by atoms with Crippen LogP contribution in [0.4, 0.5) is 4.39 Å². The van der Waals surface area contributed by atoms with Crippen molar-refractivity contribution in [2.24, 2.45) is 0 Å². The van der Waals surface area contributed by atoms with Crippen LogP contribution in [0.25, 0.3) is 5.76 Å². The summed E-state index contributed by atoms with van der Waals surface area (Å²) >= 11 is 0. The summed E-state index contributed by atoms with van der Waals surface area (Å²) in [5.41, 5.74) is 0.683. The second-order valence-corrected chi connectivity index (χ2v) is 7.76. The third-order valence-corrected chi connectivity index (χ3v) is 5.39. The first-order chi connectivity index (χ1) is 15.3. The van der Waals surface area contributed by atoms with Gasteiger partial charge in [0.2, 0.25) is 0 Å². The van der Waals surface area contributed by atoms with Crippen molar-refractivity contribution in [2.45, 2.75) is 12.5 Å². The Hall–Kier alpha value is -3.39. The molecule has 1 aliphatic rings. The van der Waals surface area contributed by atoms with Gasteiger partial charge in [0.1, 0.15) is 23.1 Å². The second-order valence-electron chi connectivity index (χ2n) is 7.76. The molecule has 170 valence electrons. The molecule has 1 N–H and O–H groups in total. The van der Waals surface area contributed by atoms with Crippen LogP contribution in [0.2, 0.25) is 0 Å². The van der Waals surface area contributed by atoms with Crippen LogP contribution in [-0.4, -0.2) is 68.0 Å². The van der Waals surface area contributed by atoms with Crippen LogP contribution in [0.3, 0.4) is 0 Å². The Morgan fingerprint density at radius 1 is 1.09 bits per heavy atom. The molecule has 1 fully saturated rings. The maximum Gasteiger partial charge on any atom is 0.295 e. The van der Waals surface area contributed by atoms with E-state index in [1.807, 2.05) is 19.0 Å². The normalized spacial score (nSPS) is 17.8. The summed E-state index contributed by atoms with van der Waals surface area (Å²) in [6.45, 7) is 1.01. The largest absolute Gasteiger partial charge is 0.507 e. The maximum atomic E-state index is 13.4. The minimum absolute atomic E-state index is 0.0713. The quantitative estimate of drug-likeness (QED) is 0.384. The number of carbonyl (C=O) groups excluding carboxylic acids is 2. The van der Waals surface area contributed by atoms with Crippen molar-refractivity contribution < 1.29 is 28.6 Å². The Kier molecular flexibility index (Phi) is 7.15. The van der Waals surface area contributed by atoms with Gasteiger partial charge < -0.3 is 24.4 Å². The van der Waals surface area contributed by atoms with Gasteiger partial charge in [0.15, 0.2) is 0 Å². The zero-order chi connectivity index (χ0) is 23.4. The van der Waals surface area contributed by atoms with Crippen LogP contribution >= 0.6 is 0 Å². The average Bonchev–Trinajstić information content (AvgIpc) is 3.03. The number of halogens is 1. The average molecular weight is 442 g/mol. The Labute approximate surface area is 186 Å². The van der Waals surface area contributed by atoms with Crippen molar-refractivity contribution >= 4 is 17.4 Å². The molecule has 0 aliphatic carbocycles. The number of rotatable bonds is 8. The summed E-state index contributed by atoms with van der Waals surface area (Å²) in [4.78, 5) is 29.5. The molecule has 3 rings (SSSR count). The summed E-state index contributed by atoms with van der Waals surface area (Å²) < 4.78 is 24.2. The smallest absolute Gasteiger partial charge is 0.295 e. The fraction of sp³-hybridized carbons (Fsp3) is 0.333. The molecule has 2 aromatic rings. The molecule has 1 aliphatic heterocycles. The zero-order valence-corrected chi connectivity index (χ0v) is 18.6. The number of hydrogen-bond acceptors (Lipinski definition) is 6. The number of amides is 1. The predicted octanol–water partition coefficient (Wildman–Crippen LogP) is 3.22. The van der Waals surface area contributed by atoms with Gasteiger partial charge in [0, 0.05) is 17.7 Å². The number of nitrogens with zero attached hydrogens (tertiary/aromatic N) is 2. The number of aliphatic hydroxyl groups excluding tert-OH is 1. The molecular weight excluding hydrogens is 415 g/mol. The molecule has 0 aromatic heterocycles. The summed E-state index contributed by atoms with van der Waals surface area (Å²) in [6, 6.07) is 9.30. The number of hydrogen-bond donors (Lipinski definition) is 1. The third-order valence-electron chi connectivity index (χ3n) is 5.39. The molecule has 32 heavy (non-hydrogen) atoms. The second kappa shape index (κ2) is 9.82. The molecule has 1 amide bonds. The summed E-state index contributed by atoms with van der Waals surface area (Å²) in [5, 5.41) is 11.0. The van der Waals surface area contributed by atoms with Gasteiger partial charge in [-0.25, -0.2) is 4.39 Å². The van der Waals surface area contributed by atoms with E-state index >= 15 is 0 Å². The van der Waals surface area contributed by atoms with Crippen molar-refractivity contribution in [3.05, 3.63) is 65.0 Å². The van der Waals surface area contributed by atoms with Crippen molar-refractivity contribution in [1.29, 1.82) is 0 Å². The number of Topliss-reactive ketones (excluding diaryl/α,β-unsaturated/α-hetero) is 1. The summed E-state index contributed by atoms with van der Waals surface area (Å²) in [6.07, 6.45) is 0.624.